The number of furan rings is 1. The lowest BCUT2D eigenvalue weighted by molar-refractivity contribution is 0.0520. The van der Waals surface area contributed by atoms with Gasteiger partial charge in [-0.05, 0) is 45.0 Å². The summed E-state index contributed by atoms with van der Waals surface area (Å²) in [6.07, 6.45) is 3.85. The number of hydrogen-bond donors (Lipinski definition) is 0. The fourth-order valence-electron chi connectivity index (χ4n) is 2.73. The van der Waals surface area contributed by atoms with Crippen molar-refractivity contribution in [1.29, 1.82) is 0 Å². The van der Waals surface area contributed by atoms with Crippen molar-refractivity contribution in [3.63, 3.8) is 0 Å². The molecular formula is C16H20N2O3S. The van der Waals surface area contributed by atoms with Crippen molar-refractivity contribution >= 4 is 17.3 Å². The molecule has 0 aromatic carbocycles. The summed E-state index contributed by atoms with van der Waals surface area (Å²) < 4.78 is 10.4. The Morgan fingerprint density at radius 3 is 3.00 bits per heavy atom. The largest absolute Gasteiger partial charge is 0.468 e. The van der Waals surface area contributed by atoms with Crippen LogP contribution in [0.5, 0.6) is 0 Å². The summed E-state index contributed by atoms with van der Waals surface area (Å²) >= 11 is 1.57. The first-order valence-corrected chi connectivity index (χ1v) is 8.51. The Balaban J connectivity index is 1.54. The predicted octanol–water partition coefficient (Wildman–Crippen LogP) is 3.29. The Bertz CT molecular complexity index is 601. The van der Waals surface area contributed by atoms with Crippen LogP contribution < -0.4 is 0 Å². The summed E-state index contributed by atoms with van der Waals surface area (Å²) in [6, 6.07) is 3.94. The van der Waals surface area contributed by atoms with Crippen LogP contribution in [0.2, 0.25) is 0 Å². The molecule has 6 heteroatoms. The van der Waals surface area contributed by atoms with Gasteiger partial charge < -0.3 is 9.15 Å². The second-order valence-corrected chi connectivity index (χ2v) is 6.31. The van der Waals surface area contributed by atoms with Crippen LogP contribution in [-0.4, -0.2) is 35.5 Å². The van der Waals surface area contributed by atoms with Gasteiger partial charge in [-0.25, -0.2) is 9.78 Å². The minimum absolute atomic E-state index is 0.319. The van der Waals surface area contributed by atoms with E-state index in [0.717, 1.165) is 43.2 Å². The maximum Gasteiger partial charge on any atom is 0.357 e. The Kier molecular flexibility index (Phi) is 4.90. The van der Waals surface area contributed by atoms with Crippen LogP contribution >= 0.6 is 11.3 Å². The minimum atomic E-state index is -0.319. The SMILES string of the molecule is CCOC(=O)c1csc(C2CCN(Cc3ccco3)CC2)n1. The molecule has 0 aliphatic carbocycles. The number of hydrogen-bond acceptors (Lipinski definition) is 6. The second-order valence-electron chi connectivity index (χ2n) is 5.42. The summed E-state index contributed by atoms with van der Waals surface area (Å²) in [5.74, 6) is 1.14. The number of aromatic nitrogens is 1. The maximum atomic E-state index is 11.7. The van der Waals surface area contributed by atoms with E-state index in [9.17, 15) is 4.79 Å². The summed E-state index contributed by atoms with van der Waals surface area (Å²) in [5.41, 5.74) is 0.444. The van der Waals surface area contributed by atoms with Crippen molar-refractivity contribution in [3.05, 3.63) is 40.2 Å². The van der Waals surface area contributed by atoms with E-state index in [1.165, 1.54) is 0 Å². The first-order chi connectivity index (χ1) is 10.8. The Morgan fingerprint density at radius 2 is 2.32 bits per heavy atom. The Morgan fingerprint density at radius 1 is 1.50 bits per heavy atom. The average molecular weight is 320 g/mol. The van der Waals surface area contributed by atoms with Gasteiger partial charge in [-0.3, -0.25) is 4.90 Å². The molecule has 0 bridgehead atoms. The van der Waals surface area contributed by atoms with E-state index in [4.69, 9.17) is 9.15 Å². The minimum Gasteiger partial charge on any atom is -0.468 e. The third-order valence-corrected chi connectivity index (χ3v) is 4.91. The highest BCUT2D eigenvalue weighted by Crippen LogP contribution is 2.31. The predicted molar refractivity (Wildman–Crippen MR) is 84.0 cm³/mol. The van der Waals surface area contributed by atoms with Crippen LogP contribution in [0.15, 0.2) is 28.2 Å². The molecule has 3 heterocycles. The van der Waals surface area contributed by atoms with Gasteiger partial charge in [0, 0.05) is 11.3 Å². The molecule has 0 unspecified atom stereocenters. The van der Waals surface area contributed by atoms with Gasteiger partial charge in [0.1, 0.15) is 5.76 Å². The molecule has 0 N–H and O–H groups in total. The van der Waals surface area contributed by atoms with Gasteiger partial charge in [0.2, 0.25) is 0 Å². The molecule has 0 atom stereocenters. The molecule has 0 amide bonds. The molecule has 2 aromatic heterocycles. The number of carbonyl (C=O) groups excluding carboxylic acids is 1. The smallest absolute Gasteiger partial charge is 0.357 e. The van der Waals surface area contributed by atoms with Crippen LogP contribution in [0.25, 0.3) is 0 Å². The molecule has 0 spiro atoms. The molecular weight excluding hydrogens is 300 g/mol. The van der Waals surface area contributed by atoms with Gasteiger partial charge >= 0.3 is 5.97 Å². The Labute approximate surface area is 133 Å². The molecule has 1 aliphatic heterocycles. The van der Waals surface area contributed by atoms with Crippen LogP contribution in [0, 0.1) is 0 Å². The number of thiazole rings is 1. The van der Waals surface area contributed by atoms with Crippen LogP contribution in [-0.2, 0) is 11.3 Å². The zero-order valence-electron chi connectivity index (χ0n) is 12.7. The number of ether oxygens (including phenoxy) is 1. The lowest BCUT2D eigenvalue weighted by Crippen LogP contribution is -2.32. The summed E-state index contributed by atoms with van der Waals surface area (Å²) in [7, 11) is 0. The number of nitrogens with zero attached hydrogens (tertiary/aromatic N) is 2. The first kappa shape index (κ1) is 15.2. The summed E-state index contributed by atoms with van der Waals surface area (Å²) in [4.78, 5) is 18.5. The molecule has 0 radical (unpaired) electrons. The van der Waals surface area contributed by atoms with Gasteiger partial charge in [0.15, 0.2) is 5.69 Å². The zero-order chi connectivity index (χ0) is 15.4. The van der Waals surface area contributed by atoms with Crippen molar-refractivity contribution in [1.82, 2.24) is 9.88 Å². The normalized spacial score (nSPS) is 16.8. The second kappa shape index (κ2) is 7.07. The van der Waals surface area contributed by atoms with Gasteiger partial charge in [-0.15, -0.1) is 11.3 Å². The zero-order valence-corrected chi connectivity index (χ0v) is 13.5. The third-order valence-electron chi connectivity index (χ3n) is 3.90. The van der Waals surface area contributed by atoms with E-state index in [1.54, 1.807) is 24.5 Å². The van der Waals surface area contributed by atoms with Crippen molar-refractivity contribution in [2.24, 2.45) is 0 Å². The number of piperidine rings is 1. The van der Waals surface area contributed by atoms with E-state index in [2.05, 4.69) is 9.88 Å². The summed E-state index contributed by atoms with van der Waals surface area (Å²) in [6.45, 7) is 5.11. The van der Waals surface area contributed by atoms with Crippen LogP contribution in [0.3, 0.4) is 0 Å². The number of esters is 1. The van der Waals surface area contributed by atoms with Crippen LogP contribution in [0.4, 0.5) is 0 Å². The molecule has 22 heavy (non-hydrogen) atoms. The monoisotopic (exact) mass is 320 g/mol. The topological polar surface area (TPSA) is 55.6 Å². The molecule has 0 saturated carbocycles. The number of likely N-dealkylation sites (tertiary alicyclic amines) is 1. The molecule has 1 saturated heterocycles. The molecule has 3 rings (SSSR count). The molecule has 2 aromatic rings. The lowest BCUT2D eigenvalue weighted by atomic mass is 9.97. The molecule has 118 valence electrons. The summed E-state index contributed by atoms with van der Waals surface area (Å²) in [5, 5.41) is 2.86. The van der Waals surface area contributed by atoms with Crippen molar-refractivity contribution < 1.29 is 13.9 Å². The number of carbonyl (C=O) groups is 1. The highest BCUT2D eigenvalue weighted by Gasteiger charge is 2.24. The van der Waals surface area contributed by atoms with E-state index >= 15 is 0 Å². The maximum absolute atomic E-state index is 11.7. The highest BCUT2D eigenvalue weighted by atomic mass is 32.1. The van der Waals surface area contributed by atoms with Crippen molar-refractivity contribution in [2.75, 3.05) is 19.7 Å². The van der Waals surface area contributed by atoms with Gasteiger partial charge in [-0.2, -0.15) is 0 Å². The highest BCUT2D eigenvalue weighted by molar-refractivity contribution is 7.09. The van der Waals surface area contributed by atoms with Gasteiger partial charge in [0.05, 0.1) is 24.4 Å². The number of rotatable bonds is 5. The van der Waals surface area contributed by atoms with Crippen molar-refractivity contribution in [3.8, 4) is 0 Å². The average Bonchev–Trinajstić information content (AvgIpc) is 3.19. The Hall–Kier alpha value is -1.66. The fourth-order valence-corrected chi connectivity index (χ4v) is 3.70. The van der Waals surface area contributed by atoms with Gasteiger partial charge in [-0.1, -0.05) is 0 Å². The van der Waals surface area contributed by atoms with Gasteiger partial charge in [0.25, 0.3) is 0 Å². The van der Waals surface area contributed by atoms with E-state index in [1.807, 2.05) is 17.5 Å². The molecule has 1 fully saturated rings. The standard InChI is InChI=1S/C16H20N2O3S/c1-2-20-16(19)14-11-22-15(17-14)12-5-7-18(8-6-12)10-13-4-3-9-21-13/h3-4,9,11-12H,2,5-8,10H2,1H3. The third kappa shape index (κ3) is 3.56. The van der Waals surface area contributed by atoms with Crippen LogP contribution in [0.1, 0.15) is 46.9 Å². The quantitative estimate of drug-likeness (QED) is 0.791. The van der Waals surface area contributed by atoms with E-state index < -0.39 is 0 Å². The first-order valence-electron chi connectivity index (χ1n) is 7.63. The van der Waals surface area contributed by atoms with Crippen molar-refractivity contribution in [2.45, 2.75) is 32.2 Å². The van der Waals surface area contributed by atoms with E-state index in [-0.39, 0.29) is 5.97 Å². The molecule has 1 aliphatic rings. The fraction of sp³-hybridized carbons (Fsp3) is 0.500. The van der Waals surface area contributed by atoms with E-state index in [0.29, 0.717) is 18.2 Å². The molecule has 5 nitrogen and oxygen atoms in total. The lowest BCUT2D eigenvalue weighted by Gasteiger charge is -2.30.